The summed E-state index contributed by atoms with van der Waals surface area (Å²) in [6.07, 6.45) is 3.10. The van der Waals surface area contributed by atoms with Crippen molar-refractivity contribution in [1.82, 2.24) is 4.90 Å². The summed E-state index contributed by atoms with van der Waals surface area (Å²) in [6, 6.07) is 5.55. The van der Waals surface area contributed by atoms with E-state index < -0.39 is 5.97 Å². The Bertz CT molecular complexity index is 526. The van der Waals surface area contributed by atoms with E-state index in [1.807, 2.05) is 19.1 Å². The highest BCUT2D eigenvalue weighted by Gasteiger charge is 2.13. The van der Waals surface area contributed by atoms with Crippen LogP contribution in [0.2, 0.25) is 5.02 Å². The first kappa shape index (κ1) is 16.2. The maximum atomic E-state index is 11.9. The SMILES string of the molecule is CCN(CC(=O)OC)C(=O)C=Cc1ccc(C)c(Cl)c1. The molecule has 0 aliphatic heterocycles. The van der Waals surface area contributed by atoms with Crippen LogP contribution < -0.4 is 0 Å². The highest BCUT2D eigenvalue weighted by atomic mass is 35.5. The molecule has 0 aliphatic carbocycles. The van der Waals surface area contributed by atoms with Crippen molar-refractivity contribution in [2.75, 3.05) is 20.2 Å². The molecule has 0 aliphatic rings. The average Bonchev–Trinajstić information content (AvgIpc) is 2.45. The van der Waals surface area contributed by atoms with Gasteiger partial charge in [0.05, 0.1) is 7.11 Å². The molecule has 20 heavy (non-hydrogen) atoms. The first-order valence-electron chi connectivity index (χ1n) is 6.28. The molecule has 0 radical (unpaired) electrons. The van der Waals surface area contributed by atoms with Crippen LogP contribution in [0.3, 0.4) is 0 Å². The lowest BCUT2D eigenvalue weighted by Gasteiger charge is -2.17. The number of ether oxygens (including phenoxy) is 1. The molecular formula is C15H18ClNO3. The quantitative estimate of drug-likeness (QED) is 0.620. The van der Waals surface area contributed by atoms with Crippen LogP contribution in [-0.4, -0.2) is 37.0 Å². The maximum Gasteiger partial charge on any atom is 0.325 e. The predicted molar refractivity (Wildman–Crippen MR) is 79.5 cm³/mol. The minimum Gasteiger partial charge on any atom is -0.468 e. The summed E-state index contributed by atoms with van der Waals surface area (Å²) in [6.45, 7) is 4.10. The molecule has 0 bridgehead atoms. The number of nitrogens with zero attached hydrogens (tertiary/aromatic N) is 1. The Kier molecular flexibility index (Phi) is 6.25. The highest BCUT2D eigenvalue weighted by Crippen LogP contribution is 2.17. The number of rotatable bonds is 5. The van der Waals surface area contributed by atoms with E-state index in [1.165, 1.54) is 18.1 Å². The van der Waals surface area contributed by atoms with Crippen molar-refractivity contribution in [1.29, 1.82) is 0 Å². The Morgan fingerprint density at radius 1 is 1.40 bits per heavy atom. The molecule has 4 nitrogen and oxygen atoms in total. The van der Waals surface area contributed by atoms with E-state index >= 15 is 0 Å². The number of methoxy groups -OCH3 is 1. The van der Waals surface area contributed by atoms with Gasteiger partial charge in [0.1, 0.15) is 6.54 Å². The van der Waals surface area contributed by atoms with Crippen molar-refractivity contribution in [3.05, 3.63) is 40.4 Å². The Morgan fingerprint density at radius 3 is 2.65 bits per heavy atom. The van der Waals surface area contributed by atoms with Crippen molar-refractivity contribution in [2.24, 2.45) is 0 Å². The van der Waals surface area contributed by atoms with Crippen LogP contribution >= 0.6 is 11.6 Å². The van der Waals surface area contributed by atoms with Gasteiger partial charge in [-0.3, -0.25) is 9.59 Å². The van der Waals surface area contributed by atoms with Gasteiger partial charge in [0.2, 0.25) is 5.91 Å². The first-order chi connectivity index (χ1) is 9.47. The number of benzene rings is 1. The van der Waals surface area contributed by atoms with Gasteiger partial charge >= 0.3 is 5.97 Å². The van der Waals surface area contributed by atoms with Crippen LogP contribution in [0.15, 0.2) is 24.3 Å². The standard InChI is InChI=1S/C15H18ClNO3/c1-4-17(10-15(19)20-3)14(18)8-7-12-6-5-11(2)13(16)9-12/h5-9H,4,10H2,1-3H3. The van der Waals surface area contributed by atoms with Crippen molar-refractivity contribution in [2.45, 2.75) is 13.8 Å². The molecule has 0 N–H and O–H groups in total. The van der Waals surface area contributed by atoms with Gasteiger partial charge in [0, 0.05) is 17.6 Å². The Labute approximate surface area is 124 Å². The van der Waals surface area contributed by atoms with Crippen LogP contribution in [0.5, 0.6) is 0 Å². The fourth-order valence-electron chi connectivity index (χ4n) is 1.55. The van der Waals surface area contributed by atoms with Gasteiger partial charge in [0.15, 0.2) is 0 Å². The normalized spacial score (nSPS) is 10.6. The fraction of sp³-hybridized carbons (Fsp3) is 0.333. The molecule has 0 unspecified atom stereocenters. The second-order valence-electron chi connectivity index (χ2n) is 4.27. The van der Waals surface area contributed by atoms with Gasteiger partial charge < -0.3 is 9.64 Å². The van der Waals surface area contributed by atoms with Crippen LogP contribution in [-0.2, 0) is 14.3 Å². The summed E-state index contributed by atoms with van der Waals surface area (Å²) in [7, 11) is 1.30. The van der Waals surface area contributed by atoms with Gasteiger partial charge in [-0.25, -0.2) is 0 Å². The van der Waals surface area contributed by atoms with Crippen LogP contribution in [0.25, 0.3) is 6.08 Å². The summed E-state index contributed by atoms with van der Waals surface area (Å²) in [5.41, 5.74) is 1.82. The molecule has 0 spiro atoms. The van der Waals surface area contributed by atoms with E-state index in [2.05, 4.69) is 4.74 Å². The fourth-order valence-corrected chi connectivity index (χ4v) is 1.74. The van der Waals surface area contributed by atoms with Crippen LogP contribution in [0, 0.1) is 6.92 Å². The lowest BCUT2D eigenvalue weighted by molar-refractivity contribution is -0.145. The highest BCUT2D eigenvalue weighted by molar-refractivity contribution is 6.31. The van der Waals surface area contributed by atoms with Crippen molar-refractivity contribution in [3.8, 4) is 0 Å². The van der Waals surface area contributed by atoms with Gasteiger partial charge in [-0.05, 0) is 37.1 Å². The van der Waals surface area contributed by atoms with Gasteiger partial charge in [-0.2, -0.15) is 0 Å². The van der Waals surface area contributed by atoms with E-state index in [1.54, 1.807) is 19.1 Å². The van der Waals surface area contributed by atoms with Crippen molar-refractivity contribution < 1.29 is 14.3 Å². The molecule has 1 aromatic rings. The second kappa shape index (κ2) is 7.70. The van der Waals surface area contributed by atoms with Gasteiger partial charge in [-0.15, -0.1) is 0 Å². The number of hydrogen-bond donors (Lipinski definition) is 0. The lowest BCUT2D eigenvalue weighted by Crippen LogP contribution is -2.34. The van der Waals surface area contributed by atoms with E-state index in [-0.39, 0.29) is 12.5 Å². The Hall–Kier alpha value is -1.81. The number of aryl methyl sites for hydroxylation is 1. The predicted octanol–water partition coefficient (Wildman–Crippen LogP) is 2.68. The number of likely N-dealkylation sites (N-methyl/N-ethyl adjacent to an activating group) is 1. The number of esters is 1. The number of halogens is 1. The summed E-state index contributed by atoms with van der Waals surface area (Å²) in [5, 5.41) is 0.654. The summed E-state index contributed by atoms with van der Waals surface area (Å²) in [4.78, 5) is 24.5. The summed E-state index contributed by atoms with van der Waals surface area (Å²) >= 11 is 6.02. The zero-order valence-electron chi connectivity index (χ0n) is 11.9. The smallest absolute Gasteiger partial charge is 0.325 e. The third-order valence-electron chi connectivity index (χ3n) is 2.86. The summed E-state index contributed by atoms with van der Waals surface area (Å²) < 4.78 is 4.55. The Balaban J connectivity index is 2.74. The van der Waals surface area contributed by atoms with E-state index in [4.69, 9.17) is 11.6 Å². The molecule has 5 heteroatoms. The topological polar surface area (TPSA) is 46.6 Å². The van der Waals surface area contributed by atoms with E-state index in [0.29, 0.717) is 11.6 Å². The first-order valence-corrected chi connectivity index (χ1v) is 6.65. The second-order valence-corrected chi connectivity index (χ2v) is 4.68. The zero-order valence-corrected chi connectivity index (χ0v) is 12.6. The molecule has 1 aromatic carbocycles. The molecule has 0 saturated heterocycles. The van der Waals surface area contributed by atoms with E-state index in [9.17, 15) is 9.59 Å². The number of carbonyl (C=O) groups is 2. The molecule has 1 amide bonds. The van der Waals surface area contributed by atoms with Crippen LogP contribution in [0.4, 0.5) is 0 Å². The average molecular weight is 296 g/mol. The van der Waals surface area contributed by atoms with Gasteiger partial charge in [0.25, 0.3) is 0 Å². The number of carbonyl (C=O) groups excluding carboxylic acids is 2. The molecule has 108 valence electrons. The zero-order chi connectivity index (χ0) is 15.1. The summed E-state index contributed by atoms with van der Waals surface area (Å²) in [5.74, 6) is -0.679. The monoisotopic (exact) mass is 295 g/mol. The minimum absolute atomic E-state index is 0.0508. The third kappa shape index (κ3) is 4.70. The Morgan fingerprint density at radius 2 is 2.10 bits per heavy atom. The lowest BCUT2D eigenvalue weighted by atomic mass is 10.1. The van der Waals surface area contributed by atoms with Crippen molar-refractivity contribution in [3.63, 3.8) is 0 Å². The third-order valence-corrected chi connectivity index (χ3v) is 3.26. The van der Waals surface area contributed by atoms with E-state index in [0.717, 1.165) is 11.1 Å². The largest absolute Gasteiger partial charge is 0.468 e. The molecule has 0 heterocycles. The molecule has 0 atom stereocenters. The molecular weight excluding hydrogens is 278 g/mol. The molecule has 1 rings (SSSR count). The maximum absolute atomic E-state index is 11.9. The van der Waals surface area contributed by atoms with Crippen LogP contribution in [0.1, 0.15) is 18.1 Å². The molecule has 0 aromatic heterocycles. The van der Waals surface area contributed by atoms with Gasteiger partial charge in [-0.1, -0.05) is 23.7 Å². The minimum atomic E-state index is -0.438. The molecule has 0 fully saturated rings. The number of hydrogen-bond acceptors (Lipinski definition) is 3. The number of amides is 1. The molecule has 0 saturated carbocycles. The van der Waals surface area contributed by atoms with Crippen molar-refractivity contribution >= 4 is 29.6 Å².